The molecule has 5 nitrogen and oxygen atoms in total. The first-order valence-electron chi connectivity index (χ1n) is 8.97. The van der Waals surface area contributed by atoms with Crippen LogP contribution in [0.15, 0.2) is 47.7 Å². The molecule has 1 aliphatic rings. The van der Waals surface area contributed by atoms with Gasteiger partial charge in [0.2, 0.25) is 0 Å². The molecule has 0 aliphatic heterocycles. The van der Waals surface area contributed by atoms with Gasteiger partial charge in [-0.05, 0) is 49.9 Å². The van der Waals surface area contributed by atoms with E-state index in [2.05, 4.69) is 34.8 Å². The van der Waals surface area contributed by atoms with Crippen molar-refractivity contribution in [3.63, 3.8) is 0 Å². The van der Waals surface area contributed by atoms with Crippen molar-refractivity contribution in [2.45, 2.75) is 38.1 Å². The van der Waals surface area contributed by atoms with Crippen molar-refractivity contribution < 1.29 is 0 Å². The first kappa shape index (κ1) is 17.8. The Balaban J connectivity index is 1.53. The molecule has 2 N–H and O–H groups in total. The van der Waals surface area contributed by atoms with E-state index in [9.17, 15) is 0 Å². The number of rotatable bonds is 8. The summed E-state index contributed by atoms with van der Waals surface area (Å²) in [6, 6.07) is 10.1. The molecule has 3 rings (SSSR count). The largest absolute Gasteiger partial charge is 0.357 e. The van der Waals surface area contributed by atoms with E-state index in [1.165, 1.54) is 18.4 Å². The molecule has 25 heavy (non-hydrogen) atoms. The van der Waals surface area contributed by atoms with Crippen LogP contribution in [0.1, 0.15) is 31.7 Å². The predicted octanol–water partition coefficient (Wildman–Crippen LogP) is 3.21. The van der Waals surface area contributed by atoms with E-state index in [1.54, 1.807) is 0 Å². The third-order valence-corrected chi connectivity index (χ3v) is 4.83. The number of hydrogen-bond acceptors (Lipinski definition) is 2. The first-order valence-corrected chi connectivity index (χ1v) is 9.35. The van der Waals surface area contributed by atoms with Gasteiger partial charge in [-0.25, -0.2) is 0 Å². The minimum atomic E-state index is 0.169. The van der Waals surface area contributed by atoms with Gasteiger partial charge in [0.1, 0.15) is 0 Å². The fourth-order valence-corrected chi connectivity index (χ4v) is 3.15. The number of aromatic nitrogens is 2. The third kappa shape index (κ3) is 4.98. The highest BCUT2D eigenvalue weighted by atomic mass is 35.5. The maximum absolute atomic E-state index is 6.15. The van der Waals surface area contributed by atoms with Gasteiger partial charge in [-0.15, -0.1) is 0 Å². The van der Waals surface area contributed by atoms with Gasteiger partial charge >= 0.3 is 0 Å². The fourth-order valence-electron chi connectivity index (χ4n) is 2.96. The van der Waals surface area contributed by atoms with Crippen molar-refractivity contribution in [3.8, 4) is 0 Å². The summed E-state index contributed by atoms with van der Waals surface area (Å²) in [5.74, 6) is 0.885. The van der Waals surface area contributed by atoms with Crippen LogP contribution in [0.5, 0.6) is 0 Å². The molecule has 0 unspecified atom stereocenters. The zero-order valence-electron chi connectivity index (χ0n) is 14.7. The maximum atomic E-state index is 6.15. The number of nitrogens with zero attached hydrogens (tertiary/aromatic N) is 3. The van der Waals surface area contributed by atoms with Gasteiger partial charge in [0.05, 0.1) is 6.54 Å². The van der Waals surface area contributed by atoms with Gasteiger partial charge in [-0.3, -0.25) is 9.67 Å². The summed E-state index contributed by atoms with van der Waals surface area (Å²) < 4.78 is 1.95. The Morgan fingerprint density at radius 1 is 1.32 bits per heavy atom. The molecule has 0 atom stereocenters. The zero-order chi connectivity index (χ0) is 17.5. The topological polar surface area (TPSA) is 54.2 Å². The summed E-state index contributed by atoms with van der Waals surface area (Å²) in [6.07, 6.45) is 7.15. The lowest BCUT2D eigenvalue weighted by Crippen LogP contribution is -2.38. The van der Waals surface area contributed by atoms with E-state index in [4.69, 9.17) is 16.6 Å². The molecule has 0 amide bonds. The van der Waals surface area contributed by atoms with Gasteiger partial charge in [-0.2, -0.15) is 5.10 Å². The van der Waals surface area contributed by atoms with Gasteiger partial charge in [0, 0.05) is 42.5 Å². The average molecular weight is 360 g/mol. The number of aliphatic imine (C=N–C) groups is 1. The quantitative estimate of drug-likeness (QED) is 0.432. The van der Waals surface area contributed by atoms with Gasteiger partial charge < -0.3 is 10.6 Å². The van der Waals surface area contributed by atoms with Crippen LogP contribution in [0.3, 0.4) is 0 Å². The van der Waals surface area contributed by atoms with Crippen molar-refractivity contribution >= 4 is 17.6 Å². The molecule has 134 valence electrons. The Morgan fingerprint density at radius 3 is 2.88 bits per heavy atom. The third-order valence-electron chi connectivity index (χ3n) is 4.59. The van der Waals surface area contributed by atoms with Crippen molar-refractivity contribution in [1.82, 2.24) is 20.4 Å². The summed E-state index contributed by atoms with van der Waals surface area (Å²) in [5.41, 5.74) is 1.47. The van der Waals surface area contributed by atoms with E-state index in [0.29, 0.717) is 0 Å². The second kappa shape index (κ2) is 8.39. The molecular formula is C19H26ClN5. The summed E-state index contributed by atoms with van der Waals surface area (Å²) >= 11 is 6.15. The standard InChI is InChI=1S/C19H26ClN5/c1-2-21-18(22-10-4-12-25-13-5-11-24-25)23-15-19(8-9-19)16-6-3-7-17(20)14-16/h3,5-7,11,13-14H,2,4,8-10,12,15H2,1H3,(H2,21,22,23). The van der Waals surface area contributed by atoms with E-state index >= 15 is 0 Å². The van der Waals surface area contributed by atoms with Crippen molar-refractivity contribution in [2.75, 3.05) is 19.6 Å². The number of guanidine groups is 1. The minimum absolute atomic E-state index is 0.169. The van der Waals surface area contributed by atoms with E-state index < -0.39 is 0 Å². The van der Waals surface area contributed by atoms with Crippen LogP contribution < -0.4 is 10.6 Å². The molecule has 1 aromatic carbocycles. The van der Waals surface area contributed by atoms with E-state index in [1.807, 2.05) is 35.3 Å². The van der Waals surface area contributed by atoms with Crippen molar-refractivity contribution in [3.05, 3.63) is 53.3 Å². The monoisotopic (exact) mass is 359 g/mol. The fraction of sp³-hybridized carbons (Fsp3) is 0.474. The molecule has 1 aliphatic carbocycles. The van der Waals surface area contributed by atoms with E-state index in [0.717, 1.165) is 43.6 Å². The summed E-state index contributed by atoms with van der Waals surface area (Å²) in [4.78, 5) is 4.82. The lowest BCUT2D eigenvalue weighted by atomic mass is 9.96. The molecule has 0 spiro atoms. The smallest absolute Gasteiger partial charge is 0.191 e. The Labute approximate surface area is 154 Å². The average Bonchev–Trinajstić information content (AvgIpc) is 3.23. The maximum Gasteiger partial charge on any atom is 0.191 e. The molecule has 1 aromatic heterocycles. The van der Waals surface area contributed by atoms with Crippen LogP contribution in [0.25, 0.3) is 0 Å². The first-order chi connectivity index (χ1) is 12.2. The van der Waals surface area contributed by atoms with Gasteiger partial charge in [0.25, 0.3) is 0 Å². The molecule has 2 aromatic rings. The van der Waals surface area contributed by atoms with E-state index in [-0.39, 0.29) is 5.41 Å². The van der Waals surface area contributed by atoms with Crippen LogP contribution in [0, 0.1) is 0 Å². The Bertz CT molecular complexity index is 692. The molecule has 1 heterocycles. The van der Waals surface area contributed by atoms with Crippen molar-refractivity contribution in [1.29, 1.82) is 0 Å². The normalized spacial score (nSPS) is 15.8. The molecule has 0 radical (unpaired) electrons. The second-order valence-electron chi connectivity index (χ2n) is 6.54. The van der Waals surface area contributed by atoms with Gasteiger partial charge in [0.15, 0.2) is 5.96 Å². The number of halogens is 1. The van der Waals surface area contributed by atoms with Crippen LogP contribution in [-0.2, 0) is 12.0 Å². The van der Waals surface area contributed by atoms with Crippen LogP contribution in [-0.4, -0.2) is 35.4 Å². The molecule has 0 saturated heterocycles. The number of nitrogens with one attached hydrogen (secondary N) is 2. The summed E-state index contributed by atoms with van der Waals surface area (Å²) in [5, 5.41) is 11.8. The van der Waals surface area contributed by atoms with Gasteiger partial charge in [-0.1, -0.05) is 23.7 Å². The highest BCUT2D eigenvalue weighted by Crippen LogP contribution is 2.48. The number of benzene rings is 1. The Morgan fingerprint density at radius 2 is 2.20 bits per heavy atom. The van der Waals surface area contributed by atoms with Crippen molar-refractivity contribution in [2.24, 2.45) is 4.99 Å². The highest BCUT2D eigenvalue weighted by Gasteiger charge is 2.44. The Hall–Kier alpha value is -2.01. The minimum Gasteiger partial charge on any atom is -0.357 e. The van der Waals surface area contributed by atoms with Crippen LogP contribution in [0.4, 0.5) is 0 Å². The highest BCUT2D eigenvalue weighted by molar-refractivity contribution is 6.30. The second-order valence-corrected chi connectivity index (χ2v) is 6.97. The molecular weight excluding hydrogens is 334 g/mol. The molecule has 6 heteroatoms. The lowest BCUT2D eigenvalue weighted by molar-refractivity contribution is 0.569. The molecule has 1 fully saturated rings. The SMILES string of the molecule is CCNC(=NCC1(c2cccc(Cl)c2)CC1)NCCCn1cccn1. The molecule has 0 bridgehead atoms. The summed E-state index contributed by atoms with van der Waals surface area (Å²) in [6.45, 7) is 5.52. The zero-order valence-corrected chi connectivity index (χ0v) is 15.5. The summed E-state index contributed by atoms with van der Waals surface area (Å²) in [7, 11) is 0. The number of hydrogen-bond donors (Lipinski definition) is 2. The number of aryl methyl sites for hydroxylation is 1. The predicted molar refractivity (Wildman–Crippen MR) is 103 cm³/mol. The van der Waals surface area contributed by atoms with Crippen LogP contribution in [0.2, 0.25) is 5.02 Å². The molecule has 1 saturated carbocycles. The Kier molecular flexibility index (Phi) is 5.97. The van der Waals surface area contributed by atoms with Crippen LogP contribution >= 0.6 is 11.6 Å². The lowest BCUT2D eigenvalue weighted by Gasteiger charge is -2.16.